The molecule has 3 atom stereocenters. The predicted molar refractivity (Wildman–Crippen MR) is 169 cm³/mol. The second-order valence-electron chi connectivity index (χ2n) is 14.1. The van der Waals surface area contributed by atoms with E-state index in [1.165, 1.54) is 4.90 Å². The van der Waals surface area contributed by atoms with Crippen molar-refractivity contribution >= 4 is 29.8 Å². The van der Waals surface area contributed by atoms with Crippen LogP contribution in [-0.2, 0) is 40.0 Å². The lowest BCUT2D eigenvalue weighted by molar-refractivity contribution is -0.147. The Morgan fingerprint density at radius 3 is 2.24 bits per heavy atom. The molecule has 0 radical (unpaired) electrons. The summed E-state index contributed by atoms with van der Waals surface area (Å²) in [5.41, 5.74) is -1.90. The van der Waals surface area contributed by atoms with Gasteiger partial charge in [-0.2, -0.15) is 0 Å². The molecule has 0 bridgehead atoms. The normalized spacial score (nSPS) is 19.1. The highest BCUT2D eigenvalue weighted by Gasteiger charge is 2.46. The second kappa shape index (κ2) is 15.7. The molecule has 2 fully saturated rings. The number of nitrogens with zero attached hydrogens (tertiary/aromatic N) is 1. The van der Waals surface area contributed by atoms with Gasteiger partial charge in [0.25, 0.3) is 0 Å². The third kappa shape index (κ3) is 10.7. The molecule has 2 unspecified atom stereocenters. The third-order valence-electron chi connectivity index (χ3n) is 7.99. The topological polar surface area (TPSA) is 161 Å². The van der Waals surface area contributed by atoms with Gasteiger partial charge >= 0.3 is 12.1 Å². The number of carbonyl (C=O) groups excluding carboxylic acids is 4. The van der Waals surface area contributed by atoms with Gasteiger partial charge in [0.05, 0.1) is 24.2 Å². The van der Waals surface area contributed by atoms with E-state index in [0.717, 1.165) is 18.4 Å². The Morgan fingerprint density at radius 2 is 1.67 bits per heavy atom. The fourth-order valence-corrected chi connectivity index (χ4v) is 5.88. The van der Waals surface area contributed by atoms with Gasteiger partial charge in [-0.1, -0.05) is 43.2 Å². The Hall–Kier alpha value is -3.73. The molecule has 1 saturated heterocycles. The van der Waals surface area contributed by atoms with E-state index in [9.17, 15) is 29.1 Å². The summed E-state index contributed by atoms with van der Waals surface area (Å²) in [5.74, 6) is -0.463. The maximum absolute atomic E-state index is 13.9. The lowest BCUT2D eigenvalue weighted by Crippen LogP contribution is -2.52. The Kier molecular flexibility index (Phi) is 12.5. The molecule has 12 heteroatoms. The zero-order valence-corrected chi connectivity index (χ0v) is 27.9. The van der Waals surface area contributed by atoms with Gasteiger partial charge in [-0.3, -0.25) is 14.5 Å². The lowest BCUT2D eigenvalue weighted by Gasteiger charge is -2.36. The van der Waals surface area contributed by atoms with Gasteiger partial charge in [-0.05, 0) is 79.2 Å². The molecule has 1 heterocycles. The highest BCUT2D eigenvalue weighted by molar-refractivity contribution is 5.89. The fraction of sp³-hybridized carbons (Fsp3) is 0.647. The van der Waals surface area contributed by atoms with Crippen molar-refractivity contribution in [2.24, 2.45) is 5.41 Å². The maximum Gasteiger partial charge on any atom is 0.410 e. The molecule has 46 heavy (non-hydrogen) atoms. The molecule has 3 amide bonds. The van der Waals surface area contributed by atoms with Gasteiger partial charge < -0.3 is 30.0 Å². The average Bonchev–Trinajstić information content (AvgIpc) is 3.65. The number of carbonyl (C=O) groups is 4. The second-order valence-corrected chi connectivity index (χ2v) is 14.1. The SMILES string of the molecule is CC(C)(C)OC(=O)N1CCC[C@H]1C(=O)NC(=C=O)C(CC1(C(=O)NC(COCc2ccccc2)C(=O)O)CCCC1)OC(C)(C)C. The molecule has 0 aromatic heterocycles. The maximum atomic E-state index is 13.9. The van der Waals surface area contributed by atoms with Crippen LogP contribution >= 0.6 is 0 Å². The number of amides is 3. The fourth-order valence-electron chi connectivity index (χ4n) is 5.88. The van der Waals surface area contributed by atoms with Gasteiger partial charge in [0.1, 0.15) is 29.4 Å². The minimum atomic E-state index is -1.29. The number of aliphatic carboxylic acids is 1. The van der Waals surface area contributed by atoms with Crippen molar-refractivity contribution < 1.29 is 43.3 Å². The average molecular weight is 644 g/mol. The Morgan fingerprint density at radius 1 is 1.02 bits per heavy atom. The molecule has 2 aliphatic rings. The Bertz CT molecular complexity index is 1270. The summed E-state index contributed by atoms with van der Waals surface area (Å²) in [6.45, 7) is 10.9. The monoisotopic (exact) mass is 643 g/mol. The summed E-state index contributed by atoms with van der Waals surface area (Å²) in [6.07, 6.45) is 1.64. The van der Waals surface area contributed by atoms with Crippen molar-refractivity contribution in [1.82, 2.24) is 15.5 Å². The van der Waals surface area contributed by atoms with Gasteiger partial charge in [-0.25, -0.2) is 14.4 Å². The lowest BCUT2D eigenvalue weighted by atomic mass is 9.78. The summed E-state index contributed by atoms with van der Waals surface area (Å²) in [4.78, 5) is 65.9. The highest BCUT2D eigenvalue weighted by Crippen LogP contribution is 2.44. The van der Waals surface area contributed by atoms with Crippen LogP contribution in [0.15, 0.2) is 36.0 Å². The Labute approximate surface area is 271 Å². The van der Waals surface area contributed by atoms with E-state index in [-0.39, 0.29) is 25.3 Å². The van der Waals surface area contributed by atoms with Gasteiger partial charge in [-0.15, -0.1) is 0 Å². The quantitative estimate of drug-likeness (QED) is 0.269. The number of rotatable bonds is 13. The minimum Gasteiger partial charge on any atom is -0.480 e. The predicted octanol–water partition coefficient (Wildman–Crippen LogP) is 4.14. The number of benzene rings is 1. The number of hydrogen-bond acceptors (Lipinski definition) is 8. The van der Waals surface area contributed by atoms with Crippen LogP contribution in [0.5, 0.6) is 0 Å². The summed E-state index contributed by atoms with van der Waals surface area (Å²) in [6, 6.07) is 7.13. The van der Waals surface area contributed by atoms with Crippen molar-refractivity contribution in [2.75, 3.05) is 13.2 Å². The first kappa shape index (κ1) is 36.7. The standard InChI is InChI=1S/C34H49N3O9/c1-32(2,3)45-27(24(20-38)35-28(39)26-15-12-18-37(26)31(43)46-33(4,5)6)19-34(16-10-11-17-34)30(42)36-25(29(40)41)22-44-21-23-13-8-7-9-14-23/h7-9,13-14,25-27H,10-12,15-19,21-22H2,1-6H3,(H,35,39)(H,36,42)(H,40,41)/t25?,26-,27?/m0/s1. The van der Waals surface area contributed by atoms with Crippen molar-refractivity contribution in [3.05, 3.63) is 41.6 Å². The first-order chi connectivity index (χ1) is 21.5. The molecule has 1 aromatic carbocycles. The van der Waals surface area contributed by atoms with Crippen molar-refractivity contribution in [3.8, 4) is 0 Å². The molecule has 1 aliphatic carbocycles. The van der Waals surface area contributed by atoms with Gasteiger partial charge in [0.15, 0.2) is 6.04 Å². The zero-order chi connectivity index (χ0) is 34.1. The van der Waals surface area contributed by atoms with Crippen LogP contribution in [-0.4, -0.2) is 82.4 Å². The van der Waals surface area contributed by atoms with E-state index in [2.05, 4.69) is 10.6 Å². The summed E-state index contributed by atoms with van der Waals surface area (Å²) >= 11 is 0. The van der Waals surface area contributed by atoms with E-state index < -0.39 is 58.7 Å². The van der Waals surface area contributed by atoms with Crippen LogP contribution in [0.25, 0.3) is 0 Å². The van der Waals surface area contributed by atoms with Crippen LogP contribution in [0.4, 0.5) is 4.79 Å². The van der Waals surface area contributed by atoms with Crippen molar-refractivity contribution in [2.45, 2.75) is 122 Å². The van der Waals surface area contributed by atoms with Gasteiger partial charge in [0.2, 0.25) is 11.8 Å². The number of nitrogens with one attached hydrogen (secondary N) is 2. The molecule has 3 N–H and O–H groups in total. The number of carboxylic acid groups (broad SMARTS) is 1. The van der Waals surface area contributed by atoms with Crippen molar-refractivity contribution in [3.63, 3.8) is 0 Å². The molecule has 0 spiro atoms. The van der Waals surface area contributed by atoms with Crippen molar-refractivity contribution in [1.29, 1.82) is 0 Å². The highest BCUT2D eigenvalue weighted by atomic mass is 16.6. The molecule has 1 aliphatic heterocycles. The third-order valence-corrected chi connectivity index (χ3v) is 7.99. The number of carboxylic acids is 1. The molecular weight excluding hydrogens is 594 g/mol. The van der Waals surface area contributed by atoms with Crippen LogP contribution in [0, 0.1) is 5.41 Å². The Balaban J connectivity index is 1.77. The minimum absolute atomic E-state index is 0.0125. The molecule has 254 valence electrons. The van der Waals surface area contributed by atoms with Crippen LogP contribution < -0.4 is 10.6 Å². The van der Waals surface area contributed by atoms with E-state index >= 15 is 0 Å². The zero-order valence-electron chi connectivity index (χ0n) is 27.9. The van der Waals surface area contributed by atoms with E-state index in [0.29, 0.717) is 32.2 Å². The van der Waals surface area contributed by atoms with Crippen LogP contribution in [0.2, 0.25) is 0 Å². The summed E-state index contributed by atoms with van der Waals surface area (Å²) in [7, 11) is 0. The largest absolute Gasteiger partial charge is 0.480 e. The molecule has 12 nitrogen and oxygen atoms in total. The van der Waals surface area contributed by atoms with Crippen LogP contribution in [0.3, 0.4) is 0 Å². The summed E-state index contributed by atoms with van der Waals surface area (Å²) in [5, 5.41) is 15.2. The summed E-state index contributed by atoms with van der Waals surface area (Å²) < 4.78 is 17.4. The first-order valence-corrected chi connectivity index (χ1v) is 15.9. The molecule has 3 rings (SSSR count). The number of likely N-dealkylation sites (tertiary alicyclic amines) is 1. The van der Waals surface area contributed by atoms with E-state index in [1.807, 2.05) is 36.3 Å². The molecule has 1 saturated carbocycles. The molecule has 1 aromatic rings. The van der Waals surface area contributed by atoms with E-state index in [4.69, 9.17) is 14.2 Å². The first-order valence-electron chi connectivity index (χ1n) is 15.9. The van der Waals surface area contributed by atoms with E-state index in [1.54, 1.807) is 41.5 Å². The van der Waals surface area contributed by atoms with Gasteiger partial charge in [0, 0.05) is 6.54 Å². The number of ether oxygens (including phenoxy) is 3. The van der Waals surface area contributed by atoms with Crippen LogP contribution in [0.1, 0.15) is 92.1 Å². The number of hydrogen-bond donors (Lipinski definition) is 3. The smallest absolute Gasteiger partial charge is 0.410 e. The molecular formula is C34H49N3O9.